The average molecular weight is 493 g/mol. The molecule has 38 heavy (non-hydrogen) atoms. The fourth-order valence-electron chi connectivity index (χ4n) is 7.02. The van der Waals surface area contributed by atoms with E-state index in [1.807, 2.05) is 30.9 Å². The van der Waals surface area contributed by atoms with Crippen LogP contribution in [0, 0.1) is 0 Å². The molecule has 0 atom stereocenters. The molecule has 8 rings (SSSR count). The van der Waals surface area contributed by atoms with Gasteiger partial charge in [0.1, 0.15) is 0 Å². The van der Waals surface area contributed by atoms with E-state index in [2.05, 4.69) is 114 Å². The lowest BCUT2D eigenvalue weighted by Crippen LogP contribution is -2.33. The van der Waals surface area contributed by atoms with E-state index < -0.39 is 0 Å². The van der Waals surface area contributed by atoms with Gasteiger partial charge in [-0.15, -0.1) is 0 Å². The number of anilines is 3. The van der Waals surface area contributed by atoms with Gasteiger partial charge in [-0.2, -0.15) is 0 Å². The number of benzene rings is 3. The Morgan fingerprint density at radius 1 is 0.579 bits per heavy atom. The van der Waals surface area contributed by atoms with Crippen molar-refractivity contribution in [1.82, 2.24) is 14.5 Å². The van der Waals surface area contributed by atoms with Crippen molar-refractivity contribution in [2.75, 3.05) is 4.90 Å². The molecule has 5 heterocycles. The van der Waals surface area contributed by atoms with Crippen molar-refractivity contribution in [2.24, 2.45) is 0 Å². The van der Waals surface area contributed by atoms with E-state index in [0.717, 1.165) is 17.1 Å². The van der Waals surface area contributed by atoms with Gasteiger partial charge in [0.2, 0.25) is 0 Å². The van der Waals surface area contributed by atoms with Gasteiger partial charge in [-0.05, 0) is 58.7 Å². The quantitative estimate of drug-likeness (QED) is 0.249. The molecule has 3 aromatic heterocycles. The van der Waals surface area contributed by atoms with Crippen LogP contribution in [-0.2, 0) is 10.8 Å². The zero-order chi connectivity index (χ0) is 25.8. The lowest BCUT2D eigenvalue weighted by Gasteiger charge is -2.42. The summed E-state index contributed by atoms with van der Waals surface area (Å²) in [4.78, 5) is 11.0. The highest BCUT2D eigenvalue weighted by atomic mass is 15.2. The summed E-state index contributed by atoms with van der Waals surface area (Å²) in [5.41, 5.74) is 12.5. The molecule has 4 nitrogen and oxygen atoms in total. The highest BCUT2D eigenvalue weighted by Gasteiger charge is 2.43. The van der Waals surface area contributed by atoms with E-state index in [4.69, 9.17) is 0 Å². The van der Waals surface area contributed by atoms with Crippen LogP contribution in [0.3, 0.4) is 0 Å². The van der Waals surface area contributed by atoms with E-state index >= 15 is 0 Å². The van der Waals surface area contributed by atoms with Gasteiger partial charge < -0.3 is 9.47 Å². The van der Waals surface area contributed by atoms with Gasteiger partial charge in [0, 0.05) is 51.6 Å². The summed E-state index contributed by atoms with van der Waals surface area (Å²) in [7, 11) is 0. The van der Waals surface area contributed by atoms with Crippen LogP contribution in [0.25, 0.3) is 27.5 Å². The lowest BCUT2D eigenvalue weighted by molar-refractivity contribution is 0.593. The molecule has 0 unspecified atom stereocenters. The normalized spacial score (nSPS) is 15.8. The van der Waals surface area contributed by atoms with Gasteiger partial charge in [-0.1, -0.05) is 64.1 Å². The molecule has 0 radical (unpaired) electrons. The number of fused-ring (bicyclic) bond motifs is 1. The van der Waals surface area contributed by atoms with Crippen LogP contribution in [0.15, 0.2) is 97.6 Å². The highest BCUT2D eigenvalue weighted by Crippen LogP contribution is 2.56. The highest BCUT2D eigenvalue weighted by molar-refractivity contribution is 6.15. The third kappa shape index (κ3) is 2.55. The molecule has 6 aromatic rings. The molecule has 0 fully saturated rings. The van der Waals surface area contributed by atoms with Gasteiger partial charge >= 0.3 is 0 Å². The van der Waals surface area contributed by atoms with E-state index in [1.54, 1.807) is 0 Å². The molecular weight excluding hydrogens is 464 g/mol. The van der Waals surface area contributed by atoms with Crippen LogP contribution in [0.5, 0.6) is 0 Å². The molecule has 0 bridgehead atoms. The van der Waals surface area contributed by atoms with Gasteiger partial charge in [-0.25, -0.2) is 0 Å². The summed E-state index contributed by atoms with van der Waals surface area (Å²) in [5, 5.41) is 2.61. The van der Waals surface area contributed by atoms with Gasteiger partial charge in [-0.3, -0.25) is 9.97 Å². The molecular formula is C34H28N4. The number of nitrogens with zero attached hydrogens (tertiary/aromatic N) is 4. The van der Waals surface area contributed by atoms with Gasteiger partial charge in [0.25, 0.3) is 0 Å². The summed E-state index contributed by atoms with van der Waals surface area (Å²) in [5.74, 6) is 0. The molecule has 0 amide bonds. The van der Waals surface area contributed by atoms with Crippen molar-refractivity contribution >= 4 is 38.9 Å². The van der Waals surface area contributed by atoms with Gasteiger partial charge in [0.05, 0.1) is 28.6 Å². The van der Waals surface area contributed by atoms with Crippen LogP contribution in [-0.4, -0.2) is 14.5 Å². The Balaban J connectivity index is 1.56. The molecule has 0 saturated heterocycles. The predicted molar refractivity (Wildman–Crippen MR) is 155 cm³/mol. The number of para-hydroxylation sites is 2. The number of aromatic nitrogens is 3. The van der Waals surface area contributed by atoms with Crippen LogP contribution in [0.1, 0.15) is 49.9 Å². The van der Waals surface area contributed by atoms with Crippen LogP contribution in [0.4, 0.5) is 17.1 Å². The van der Waals surface area contributed by atoms with Gasteiger partial charge in [0.15, 0.2) is 0 Å². The largest absolute Gasteiger partial charge is 0.309 e. The molecule has 4 heteroatoms. The number of pyridine rings is 2. The van der Waals surface area contributed by atoms with E-state index in [0.29, 0.717) is 0 Å². The number of hydrogen-bond donors (Lipinski definition) is 0. The molecule has 3 aromatic carbocycles. The van der Waals surface area contributed by atoms with Crippen LogP contribution < -0.4 is 4.90 Å². The summed E-state index contributed by atoms with van der Waals surface area (Å²) in [6.07, 6.45) is 7.46. The minimum atomic E-state index is -0.170. The first-order chi connectivity index (χ1) is 18.4. The molecule has 0 aliphatic carbocycles. The fraction of sp³-hybridized carbons (Fsp3) is 0.176. The van der Waals surface area contributed by atoms with Crippen molar-refractivity contribution in [3.63, 3.8) is 0 Å². The Bertz CT molecular complexity index is 1870. The van der Waals surface area contributed by atoms with Crippen molar-refractivity contribution in [3.8, 4) is 5.69 Å². The summed E-state index contributed by atoms with van der Waals surface area (Å²) >= 11 is 0. The second kappa shape index (κ2) is 7.11. The Labute approximate surface area is 222 Å². The molecule has 2 aliphatic heterocycles. The molecule has 184 valence electrons. The molecule has 0 spiro atoms. The topological polar surface area (TPSA) is 34.0 Å². The van der Waals surface area contributed by atoms with E-state index in [-0.39, 0.29) is 10.8 Å². The Morgan fingerprint density at radius 2 is 1.26 bits per heavy atom. The Morgan fingerprint density at radius 3 is 2.00 bits per heavy atom. The number of hydrogen-bond acceptors (Lipinski definition) is 3. The first-order valence-electron chi connectivity index (χ1n) is 13.3. The van der Waals surface area contributed by atoms with Crippen molar-refractivity contribution in [3.05, 3.63) is 120 Å². The monoisotopic (exact) mass is 492 g/mol. The maximum absolute atomic E-state index is 4.46. The predicted octanol–water partition coefficient (Wildman–Crippen LogP) is 8.32. The SMILES string of the molecule is CC1(C)c2cccc3c2-n2c4c1cccc4c1cc(N(c4ccncc4)c4cccnc4)cc(c12)C3(C)C. The standard InChI is InChI=1S/C34H28N4/c1-33(2)26-10-5-9-24-25-18-23(37(21-13-16-35-17-14-21)22-8-7-15-36-20-22)19-29-31(25)38(30(24)26)32-27(33)11-6-12-28(32)34(29,3)4/h5-20H,1-4H3. The third-order valence-corrected chi connectivity index (χ3v) is 8.90. The third-order valence-electron chi connectivity index (χ3n) is 8.90. The first kappa shape index (κ1) is 21.6. The van der Waals surface area contributed by atoms with Crippen molar-refractivity contribution in [2.45, 2.75) is 38.5 Å². The second-order valence-corrected chi connectivity index (χ2v) is 11.6. The Kier molecular flexibility index (Phi) is 4.04. The summed E-state index contributed by atoms with van der Waals surface area (Å²) in [6.45, 7) is 9.51. The minimum Gasteiger partial charge on any atom is -0.309 e. The van der Waals surface area contributed by atoms with E-state index in [9.17, 15) is 0 Å². The first-order valence-corrected chi connectivity index (χ1v) is 13.3. The maximum atomic E-state index is 4.46. The minimum absolute atomic E-state index is 0.0789. The fourth-order valence-corrected chi connectivity index (χ4v) is 7.02. The van der Waals surface area contributed by atoms with E-state index in [1.165, 1.54) is 49.7 Å². The lowest BCUT2D eigenvalue weighted by atomic mass is 9.68. The van der Waals surface area contributed by atoms with Crippen molar-refractivity contribution < 1.29 is 0 Å². The Hall–Kier alpha value is -4.44. The van der Waals surface area contributed by atoms with Crippen LogP contribution >= 0.6 is 0 Å². The summed E-state index contributed by atoms with van der Waals surface area (Å²) in [6, 6.07) is 26.8. The second-order valence-electron chi connectivity index (χ2n) is 11.6. The molecule has 0 N–H and O–H groups in total. The smallest absolute Gasteiger partial charge is 0.0644 e. The summed E-state index contributed by atoms with van der Waals surface area (Å²) < 4.78 is 2.57. The molecule has 2 aliphatic rings. The zero-order valence-corrected chi connectivity index (χ0v) is 22.0. The average Bonchev–Trinajstić information content (AvgIpc) is 3.27. The van der Waals surface area contributed by atoms with Crippen LogP contribution in [0.2, 0.25) is 0 Å². The van der Waals surface area contributed by atoms with Crippen molar-refractivity contribution in [1.29, 1.82) is 0 Å². The molecule has 0 saturated carbocycles. The number of rotatable bonds is 3. The zero-order valence-electron chi connectivity index (χ0n) is 22.0. The maximum Gasteiger partial charge on any atom is 0.0644 e.